The van der Waals surface area contributed by atoms with Gasteiger partial charge in [0.1, 0.15) is 5.00 Å². The van der Waals surface area contributed by atoms with Gasteiger partial charge in [-0.3, -0.25) is 0 Å². The molecule has 1 saturated carbocycles. The van der Waals surface area contributed by atoms with Crippen LogP contribution in [-0.2, 0) is 4.74 Å². The first-order valence-electron chi connectivity index (χ1n) is 6.55. The molecule has 1 aromatic heterocycles. The number of ether oxygens (including phenoxy) is 1. The Labute approximate surface area is 112 Å². The molecule has 1 fully saturated rings. The van der Waals surface area contributed by atoms with Gasteiger partial charge in [0, 0.05) is 6.54 Å². The largest absolute Gasteiger partial charge is 0.461 e. The Hall–Kier alpha value is -1.10. The lowest BCUT2D eigenvalue weighted by Gasteiger charge is -2.15. The number of rotatable bonds is 7. The van der Waals surface area contributed by atoms with E-state index in [9.17, 15) is 4.79 Å². The predicted molar refractivity (Wildman–Crippen MR) is 73.1 cm³/mol. The normalized spacial score (nSPS) is 16.3. The maximum absolute atomic E-state index is 11.7. The summed E-state index contributed by atoms with van der Waals surface area (Å²) < 4.78 is 4.99. The molecule has 2 rings (SSSR count). The van der Waals surface area contributed by atoms with Crippen LogP contribution < -0.4 is 5.32 Å². The summed E-state index contributed by atoms with van der Waals surface area (Å²) in [5, 5.41) is 4.22. The van der Waals surface area contributed by atoms with Gasteiger partial charge >= 0.3 is 5.97 Å². The molecule has 0 saturated heterocycles. The standard InChI is InChI=1S/C13H20N2O2S/c1-3-5-13(6-7-13)8-14-11-10(15-9-18-11)12(16)17-4-2/h9,14H,3-8H2,1-2H3. The first-order chi connectivity index (χ1) is 8.71. The van der Waals surface area contributed by atoms with Crippen molar-refractivity contribution in [2.45, 2.75) is 39.5 Å². The van der Waals surface area contributed by atoms with Gasteiger partial charge in [-0.2, -0.15) is 0 Å². The van der Waals surface area contributed by atoms with E-state index in [0.717, 1.165) is 11.5 Å². The van der Waals surface area contributed by atoms with Crippen LogP contribution in [0, 0.1) is 5.41 Å². The maximum atomic E-state index is 11.7. The van der Waals surface area contributed by atoms with Gasteiger partial charge in [0.15, 0.2) is 5.69 Å². The lowest BCUT2D eigenvalue weighted by Crippen LogP contribution is -2.16. The van der Waals surface area contributed by atoms with Crippen molar-refractivity contribution in [1.29, 1.82) is 0 Å². The van der Waals surface area contributed by atoms with Crippen molar-refractivity contribution in [1.82, 2.24) is 4.98 Å². The number of aromatic nitrogens is 1. The molecule has 0 spiro atoms. The highest BCUT2D eigenvalue weighted by atomic mass is 32.1. The third-order valence-electron chi connectivity index (χ3n) is 3.40. The Morgan fingerprint density at radius 2 is 2.33 bits per heavy atom. The summed E-state index contributed by atoms with van der Waals surface area (Å²) >= 11 is 1.47. The zero-order chi connectivity index (χ0) is 13.0. The van der Waals surface area contributed by atoms with Gasteiger partial charge in [0.25, 0.3) is 0 Å². The number of hydrogen-bond donors (Lipinski definition) is 1. The minimum absolute atomic E-state index is 0.332. The first kappa shape index (κ1) is 13.3. The molecule has 0 radical (unpaired) electrons. The fourth-order valence-corrected chi connectivity index (χ4v) is 2.87. The molecular weight excluding hydrogens is 248 g/mol. The van der Waals surface area contributed by atoms with Crippen molar-refractivity contribution in [2.75, 3.05) is 18.5 Å². The van der Waals surface area contributed by atoms with Gasteiger partial charge in [-0.15, -0.1) is 11.3 Å². The number of anilines is 1. The summed E-state index contributed by atoms with van der Waals surface area (Å²) in [6, 6.07) is 0. The molecule has 0 amide bonds. The number of nitrogens with zero attached hydrogens (tertiary/aromatic N) is 1. The van der Waals surface area contributed by atoms with Gasteiger partial charge < -0.3 is 10.1 Å². The minimum Gasteiger partial charge on any atom is -0.461 e. The Morgan fingerprint density at radius 3 is 2.94 bits per heavy atom. The van der Waals surface area contributed by atoms with Gasteiger partial charge in [-0.25, -0.2) is 9.78 Å². The van der Waals surface area contributed by atoms with Crippen LogP contribution in [0.3, 0.4) is 0 Å². The third kappa shape index (κ3) is 3.02. The molecule has 0 unspecified atom stereocenters. The third-order valence-corrected chi connectivity index (χ3v) is 4.18. The lowest BCUT2D eigenvalue weighted by molar-refractivity contribution is 0.0521. The number of carbonyl (C=O) groups is 1. The smallest absolute Gasteiger partial charge is 0.360 e. The predicted octanol–water partition coefficient (Wildman–Crippen LogP) is 3.31. The molecule has 1 aromatic rings. The molecule has 1 aliphatic rings. The van der Waals surface area contributed by atoms with Gasteiger partial charge in [0.2, 0.25) is 0 Å². The topological polar surface area (TPSA) is 51.2 Å². The summed E-state index contributed by atoms with van der Waals surface area (Å²) in [4.78, 5) is 15.8. The maximum Gasteiger partial charge on any atom is 0.360 e. The van der Waals surface area contributed by atoms with E-state index in [4.69, 9.17) is 4.74 Å². The van der Waals surface area contributed by atoms with Crippen LogP contribution in [-0.4, -0.2) is 24.1 Å². The molecular formula is C13H20N2O2S. The SMILES string of the molecule is CCCC1(CNc2scnc2C(=O)OCC)CC1. The van der Waals surface area contributed by atoms with Crippen LogP contribution in [0.5, 0.6) is 0 Å². The van der Waals surface area contributed by atoms with Crippen LogP contribution in [0.2, 0.25) is 0 Å². The second-order valence-electron chi connectivity index (χ2n) is 4.85. The van der Waals surface area contributed by atoms with Gasteiger partial charge in [-0.1, -0.05) is 13.3 Å². The zero-order valence-electron chi connectivity index (χ0n) is 11.0. The van der Waals surface area contributed by atoms with Crippen LogP contribution in [0.1, 0.15) is 50.0 Å². The van der Waals surface area contributed by atoms with E-state index in [2.05, 4.69) is 17.2 Å². The first-order valence-corrected chi connectivity index (χ1v) is 7.43. The quantitative estimate of drug-likeness (QED) is 0.771. The molecule has 18 heavy (non-hydrogen) atoms. The molecule has 1 heterocycles. The number of carbonyl (C=O) groups excluding carboxylic acids is 1. The van der Waals surface area contributed by atoms with E-state index in [1.165, 1.54) is 37.0 Å². The second kappa shape index (κ2) is 5.69. The van der Waals surface area contributed by atoms with Crippen molar-refractivity contribution >= 4 is 22.3 Å². The van der Waals surface area contributed by atoms with E-state index in [-0.39, 0.29) is 5.97 Å². The Balaban J connectivity index is 1.94. The average Bonchev–Trinajstić information content (AvgIpc) is 2.95. The average molecular weight is 268 g/mol. The van der Waals surface area contributed by atoms with Crippen LogP contribution >= 0.6 is 11.3 Å². The molecule has 0 aliphatic heterocycles. The second-order valence-corrected chi connectivity index (χ2v) is 5.71. The minimum atomic E-state index is -0.332. The molecule has 0 bridgehead atoms. The molecule has 100 valence electrons. The van der Waals surface area contributed by atoms with E-state index in [0.29, 0.717) is 17.7 Å². The summed E-state index contributed by atoms with van der Waals surface area (Å²) in [5.41, 5.74) is 2.58. The van der Waals surface area contributed by atoms with Crippen LogP contribution in [0.4, 0.5) is 5.00 Å². The van der Waals surface area contributed by atoms with Crippen molar-refractivity contribution in [3.05, 3.63) is 11.2 Å². The number of thiazole rings is 1. The van der Waals surface area contributed by atoms with Gasteiger partial charge in [-0.05, 0) is 31.6 Å². The molecule has 1 aliphatic carbocycles. The molecule has 4 nitrogen and oxygen atoms in total. The molecule has 0 atom stereocenters. The number of esters is 1. The summed E-state index contributed by atoms with van der Waals surface area (Å²) in [5.74, 6) is -0.332. The highest BCUT2D eigenvalue weighted by molar-refractivity contribution is 7.14. The van der Waals surface area contributed by atoms with Crippen molar-refractivity contribution in [2.24, 2.45) is 5.41 Å². The summed E-state index contributed by atoms with van der Waals surface area (Å²) in [6.07, 6.45) is 5.06. The highest BCUT2D eigenvalue weighted by Gasteiger charge is 2.41. The summed E-state index contributed by atoms with van der Waals surface area (Å²) in [7, 11) is 0. The van der Waals surface area contributed by atoms with Gasteiger partial charge in [0.05, 0.1) is 12.1 Å². The fourth-order valence-electron chi connectivity index (χ4n) is 2.21. The van der Waals surface area contributed by atoms with E-state index in [1.807, 2.05) is 0 Å². The fraction of sp³-hybridized carbons (Fsp3) is 0.692. The van der Waals surface area contributed by atoms with Crippen molar-refractivity contribution < 1.29 is 9.53 Å². The van der Waals surface area contributed by atoms with Crippen LogP contribution in [0.25, 0.3) is 0 Å². The highest BCUT2D eigenvalue weighted by Crippen LogP contribution is 2.49. The van der Waals surface area contributed by atoms with Crippen molar-refractivity contribution in [3.8, 4) is 0 Å². The molecule has 5 heteroatoms. The zero-order valence-corrected chi connectivity index (χ0v) is 11.8. The molecule has 0 aromatic carbocycles. The van der Waals surface area contributed by atoms with E-state index < -0.39 is 0 Å². The number of hydrogen-bond acceptors (Lipinski definition) is 5. The summed E-state index contributed by atoms with van der Waals surface area (Å²) in [6.45, 7) is 5.35. The molecule has 1 N–H and O–H groups in total. The van der Waals surface area contributed by atoms with E-state index in [1.54, 1.807) is 12.4 Å². The monoisotopic (exact) mass is 268 g/mol. The lowest BCUT2D eigenvalue weighted by atomic mass is 10.0. The van der Waals surface area contributed by atoms with Crippen LogP contribution in [0.15, 0.2) is 5.51 Å². The number of nitrogens with one attached hydrogen (secondary N) is 1. The van der Waals surface area contributed by atoms with Crippen molar-refractivity contribution in [3.63, 3.8) is 0 Å². The Bertz CT molecular complexity index is 413. The Morgan fingerprint density at radius 1 is 1.56 bits per heavy atom. The Kier molecular flexibility index (Phi) is 4.22. The van der Waals surface area contributed by atoms with E-state index >= 15 is 0 Å².